The molecule has 3 N–H and O–H groups in total. The lowest BCUT2D eigenvalue weighted by Gasteiger charge is -2.08. The highest BCUT2D eigenvalue weighted by molar-refractivity contribution is 6.39. The van der Waals surface area contributed by atoms with Gasteiger partial charge in [0, 0.05) is 21.6 Å². The van der Waals surface area contributed by atoms with Crippen molar-refractivity contribution in [2.45, 2.75) is 19.3 Å². The molecule has 28 heavy (non-hydrogen) atoms. The van der Waals surface area contributed by atoms with Crippen molar-refractivity contribution >= 4 is 34.1 Å². The Labute approximate surface area is 175 Å². The third-order valence-corrected chi connectivity index (χ3v) is 5.60. The summed E-state index contributed by atoms with van der Waals surface area (Å²) in [5, 5.41) is 2.39. The van der Waals surface area contributed by atoms with Crippen LogP contribution in [0.5, 0.6) is 0 Å². The van der Waals surface area contributed by atoms with Crippen molar-refractivity contribution in [1.82, 2.24) is 4.98 Å². The second kappa shape index (κ2) is 8.40. The van der Waals surface area contributed by atoms with Gasteiger partial charge in [-0.3, -0.25) is 0 Å². The molecule has 0 radical (unpaired) electrons. The molecule has 0 bridgehead atoms. The third-order valence-electron chi connectivity index (χ3n) is 5.08. The van der Waals surface area contributed by atoms with Crippen LogP contribution in [-0.4, -0.2) is 11.5 Å². The average molecular weight is 409 g/mol. The van der Waals surface area contributed by atoms with Gasteiger partial charge in [0.15, 0.2) is 0 Å². The van der Waals surface area contributed by atoms with Crippen LogP contribution in [0.4, 0.5) is 0 Å². The number of H-pyrrole nitrogens is 1. The van der Waals surface area contributed by atoms with Crippen molar-refractivity contribution in [3.05, 3.63) is 82.3 Å². The van der Waals surface area contributed by atoms with Gasteiger partial charge >= 0.3 is 0 Å². The summed E-state index contributed by atoms with van der Waals surface area (Å²) in [6, 6.07) is 22.8. The fourth-order valence-electron chi connectivity index (χ4n) is 3.72. The number of aryl methyl sites for hydroxylation is 1. The molecule has 0 aliphatic rings. The lowest BCUT2D eigenvalue weighted by Crippen LogP contribution is -1.99. The molecule has 4 heteroatoms. The van der Waals surface area contributed by atoms with Crippen LogP contribution >= 0.6 is 23.2 Å². The maximum atomic E-state index is 6.56. The number of nitrogens with one attached hydrogen (secondary N) is 1. The van der Waals surface area contributed by atoms with Crippen LogP contribution < -0.4 is 5.73 Å². The first-order chi connectivity index (χ1) is 13.7. The zero-order valence-electron chi connectivity index (χ0n) is 15.5. The van der Waals surface area contributed by atoms with Crippen LogP contribution in [0.3, 0.4) is 0 Å². The fraction of sp³-hybridized carbons (Fsp3) is 0.167. The van der Waals surface area contributed by atoms with Gasteiger partial charge in [0.25, 0.3) is 0 Å². The van der Waals surface area contributed by atoms with E-state index in [1.54, 1.807) is 0 Å². The predicted octanol–water partition coefficient (Wildman–Crippen LogP) is 7.09. The van der Waals surface area contributed by atoms with Crippen LogP contribution in [0.2, 0.25) is 10.0 Å². The Morgan fingerprint density at radius 3 is 2.18 bits per heavy atom. The number of aromatic nitrogens is 1. The molecule has 0 atom stereocenters. The Morgan fingerprint density at radius 1 is 0.786 bits per heavy atom. The molecule has 142 valence electrons. The van der Waals surface area contributed by atoms with Gasteiger partial charge in [-0.2, -0.15) is 0 Å². The number of benzene rings is 3. The Bertz CT molecular complexity index is 1080. The molecule has 0 amide bonds. The third kappa shape index (κ3) is 3.81. The number of rotatable bonds is 6. The van der Waals surface area contributed by atoms with Gasteiger partial charge in [-0.1, -0.05) is 77.8 Å². The Morgan fingerprint density at radius 2 is 1.46 bits per heavy atom. The molecule has 0 unspecified atom stereocenters. The summed E-state index contributed by atoms with van der Waals surface area (Å²) in [6.45, 7) is 0.697. The summed E-state index contributed by atoms with van der Waals surface area (Å²) < 4.78 is 0. The molecular weight excluding hydrogens is 387 g/mol. The van der Waals surface area contributed by atoms with Crippen LogP contribution in [0.25, 0.3) is 33.3 Å². The van der Waals surface area contributed by atoms with Crippen LogP contribution in [0.15, 0.2) is 66.7 Å². The molecule has 2 nitrogen and oxygen atoms in total. The quantitative estimate of drug-likeness (QED) is 0.328. The normalized spacial score (nSPS) is 11.2. The van der Waals surface area contributed by atoms with E-state index in [0.717, 1.165) is 41.4 Å². The van der Waals surface area contributed by atoms with Gasteiger partial charge < -0.3 is 10.7 Å². The lowest BCUT2D eigenvalue weighted by atomic mass is 9.98. The van der Waals surface area contributed by atoms with Gasteiger partial charge in [0.05, 0.1) is 5.02 Å². The maximum absolute atomic E-state index is 6.56. The smallest absolute Gasteiger partial charge is 0.0517 e. The Balaban J connectivity index is 1.78. The second-order valence-corrected chi connectivity index (χ2v) is 7.82. The zero-order valence-corrected chi connectivity index (χ0v) is 17.0. The first-order valence-corrected chi connectivity index (χ1v) is 10.3. The molecule has 0 aliphatic heterocycles. The largest absolute Gasteiger partial charge is 0.354 e. The van der Waals surface area contributed by atoms with E-state index in [9.17, 15) is 0 Å². The number of unbranched alkanes of at least 4 members (excludes halogenated alkanes) is 1. The van der Waals surface area contributed by atoms with Gasteiger partial charge in [0.2, 0.25) is 0 Å². The number of fused-ring (bicyclic) bond motifs is 1. The fourth-order valence-corrected chi connectivity index (χ4v) is 4.32. The molecule has 1 heterocycles. The van der Waals surface area contributed by atoms with Gasteiger partial charge in [-0.05, 0) is 60.2 Å². The summed E-state index contributed by atoms with van der Waals surface area (Å²) >= 11 is 12.8. The van der Waals surface area contributed by atoms with Crippen molar-refractivity contribution < 1.29 is 0 Å². The van der Waals surface area contributed by atoms with E-state index >= 15 is 0 Å². The first-order valence-electron chi connectivity index (χ1n) is 9.53. The summed E-state index contributed by atoms with van der Waals surface area (Å²) in [7, 11) is 0. The molecule has 0 aliphatic carbocycles. The standard InChI is InChI=1S/C24H22Cl2N2/c25-19-14-21(26)23-20(8-4-5-13-27)24(28-22(23)15-19)18-11-9-17(10-12-18)16-6-2-1-3-7-16/h1-3,6-7,9-12,14-15,28H,4-5,8,13,27H2. The minimum absolute atomic E-state index is 0.637. The first kappa shape index (κ1) is 19.1. The van der Waals surface area contributed by atoms with Crippen molar-refractivity contribution in [3.63, 3.8) is 0 Å². The van der Waals surface area contributed by atoms with E-state index in [-0.39, 0.29) is 0 Å². The Hall–Kier alpha value is -2.26. The molecular formula is C24H22Cl2N2. The number of hydrogen-bond donors (Lipinski definition) is 2. The lowest BCUT2D eigenvalue weighted by molar-refractivity contribution is 0.748. The summed E-state index contributed by atoms with van der Waals surface area (Å²) in [5.74, 6) is 0. The number of aromatic amines is 1. The van der Waals surface area contributed by atoms with E-state index in [1.165, 1.54) is 16.7 Å². The van der Waals surface area contributed by atoms with E-state index in [2.05, 4.69) is 53.5 Å². The number of hydrogen-bond acceptors (Lipinski definition) is 1. The summed E-state index contributed by atoms with van der Waals surface area (Å²) in [6.07, 6.45) is 2.94. The summed E-state index contributed by atoms with van der Waals surface area (Å²) in [4.78, 5) is 3.55. The number of nitrogens with two attached hydrogens (primary N) is 1. The van der Waals surface area contributed by atoms with E-state index < -0.39 is 0 Å². The van der Waals surface area contributed by atoms with Crippen LogP contribution in [0, 0.1) is 0 Å². The monoisotopic (exact) mass is 408 g/mol. The molecule has 0 fully saturated rings. The highest BCUT2D eigenvalue weighted by Gasteiger charge is 2.16. The SMILES string of the molecule is NCCCCc1c(-c2ccc(-c3ccccc3)cc2)[nH]c2cc(Cl)cc(Cl)c12. The molecule has 0 saturated heterocycles. The minimum Gasteiger partial charge on any atom is -0.354 e. The van der Waals surface area contributed by atoms with Crippen molar-refractivity contribution in [3.8, 4) is 22.4 Å². The van der Waals surface area contributed by atoms with Crippen LogP contribution in [0.1, 0.15) is 18.4 Å². The van der Waals surface area contributed by atoms with Crippen molar-refractivity contribution in [2.24, 2.45) is 5.73 Å². The molecule has 4 aromatic rings. The minimum atomic E-state index is 0.637. The highest BCUT2D eigenvalue weighted by atomic mass is 35.5. The molecule has 3 aromatic carbocycles. The van der Waals surface area contributed by atoms with Gasteiger partial charge in [0.1, 0.15) is 0 Å². The van der Waals surface area contributed by atoms with E-state index in [0.29, 0.717) is 16.6 Å². The van der Waals surface area contributed by atoms with E-state index in [4.69, 9.17) is 28.9 Å². The second-order valence-electron chi connectivity index (χ2n) is 6.98. The zero-order chi connectivity index (χ0) is 19.5. The Kier molecular flexibility index (Phi) is 5.72. The van der Waals surface area contributed by atoms with Gasteiger partial charge in [-0.25, -0.2) is 0 Å². The van der Waals surface area contributed by atoms with Crippen LogP contribution in [-0.2, 0) is 6.42 Å². The van der Waals surface area contributed by atoms with E-state index in [1.807, 2.05) is 18.2 Å². The molecule has 4 rings (SSSR count). The average Bonchev–Trinajstić information content (AvgIpc) is 3.07. The van der Waals surface area contributed by atoms with Crippen molar-refractivity contribution in [2.75, 3.05) is 6.54 Å². The molecule has 0 saturated carbocycles. The molecule has 0 spiro atoms. The molecule has 1 aromatic heterocycles. The maximum Gasteiger partial charge on any atom is 0.0517 e. The summed E-state index contributed by atoms with van der Waals surface area (Å²) in [5.41, 5.74) is 12.6. The van der Waals surface area contributed by atoms with Crippen molar-refractivity contribution in [1.29, 1.82) is 0 Å². The predicted molar refractivity (Wildman–Crippen MR) is 121 cm³/mol. The number of halogens is 2. The highest BCUT2D eigenvalue weighted by Crippen LogP contribution is 2.38. The topological polar surface area (TPSA) is 41.8 Å². The van der Waals surface area contributed by atoms with Gasteiger partial charge in [-0.15, -0.1) is 0 Å².